The highest BCUT2D eigenvalue weighted by Crippen LogP contribution is 2.32. The van der Waals surface area contributed by atoms with Crippen molar-refractivity contribution in [3.63, 3.8) is 0 Å². The van der Waals surface area contributed by atoms with Crippen LogP contribution in [0, 0.1) is 5.92 Å². The van der Waals surface area contributed by atoms with Crippen molar-refractivity contribution in [2.75, 3.05) is 13.1 Å². The van der Waals surface area contributed by atoms with Crippen LogP contribution in [-0.4, -0.2) is 30.1 Å². The third-order valence-electron chi connectivity index (χ3n) is 4.51. The predicted octanol–water partition coefficient (Wildman–Crippen LogP) is 2.38. The molecular formula is C13H26N2. The normalized spacial score (nSPS) is 38.4. The number of rotatable bonds is 3. The molecule has 1 saturated heterocycles. The maximum absolute atomic E-state index is 5.74. The summed E-state index contributed by atoms with van der Waals surface area (Å²) in [5.41, 5.74) is 5.74. The highest BCUT2D eigenvalue weighted by Gasteiger charge is 2.31. The molecule has 1 heterocycles. The van der Waals surface area contributed by atoms with Crippen molar-refractivity contribution in [1.29, 1.82) is 0 Å². The average Bonchev–Trinajstić information content (AvgIpc) is 2.77. The Morgan fingerprint density at radius 1 is 1.13 bits per heavy atom. The molecule has 1 unspecified atom stereocenters. The molecule has 0 radical (unpaired) electrons. The molecule has 0 aromatic rings. The lowest BCUT2D eigenvalue weighted by atomic mass is 9.85. The van der Waals surface area contributed by atoms with E-state index in [2.05, 4.69) is 11.8 Å². The quantitative estimate of drug-likeness (QED) is 0.775. The van der Waals surface area contributed by atoms with Crippen molar-refractivity contribution in [1.82, 2.24) is 4.90 Å². The molecule has 2 aliphatic rings. The van der Waals surface area contributed by atoms with Gasteiger partial charge in [0.05, 0.1) is 0 Å². The highest BCUT2D eigenvalue weighted by atomic mass is 15.2. The van der Waals surface area contributed by atoms with Gasteiger partial charge in [-0.15, -0.1) is 0 Å². The zero-order chi connectivity index (χ0) is 10.7. The van der Waals surface area contributed by atoms with Crippen LogP contribution < -0.4 is 5.73 Å². The molecule has 1 saturated carbocycles. The van der Waals surface area contributed by atoms with Crippen molar-refractivity contribution in [3.05, 3.63) is 0 Å². The molecule has 0 aromatic carbocycles. The Kier molecular flexibility index (Phi) is 4.04. The Bertz CT molecular complexity index is 185. The molecule has 0 amide bonds. The fraction of sp³-hybridized carbons (Fsp3) is 1.00. The van der Waals surface area contributed by atoms with Gasteiger partial charge in [-0.3, -0.25) is 4.90 Å². The number of hydrogen-bond donors (Lipinski definition) is 1. The molecule has 2 fully saturated rings. The minimum atomic E-state index is 0.823. The van der Waals surface area contributed by atoms with Gasteiger partial charge < -0.3 is 5.73 Å². The van der Waals surface area contributed by atoms with Crippen LogP contribution in [0.1, 0.15) is 51.9 Å². The average molecular weight is 210 g/mol. The zero-order valence-corrected chi connectivity index (χ0v) is 10.1. The Morgan fingerprint density at radius 2 is 1.87 bits per heavy atom. The minimum Gasteiger partial charge on any atom is -0.330 e. The van der Waals surface area contributed by atoms with Crippen LogP contribution in [0.4, 0.5) is 0 Å². The fourth-order valence-corrected chi connectivity index (χ4v) is 3.49. The first kappa shape index (κ1) is 11.4. The van der Waals surface area contributed by atoms with Gasteiger partial charge in [0.1, 0.15) is 0 Å². The largest absolute Gasteiger partial charge is 0.330 e. The van der Waals surface area contributed by atoms with E-state index >= 15 is 0 Å². The Balaban J connectivity index is 1.84. The van der Waals surface area contributed by atoms with Gasteiger partial charge in [-0.2, -0.15) is 0 Å². The van der Waals surface area contributed by atoms with Crippen molar-refractivity contribution in [2.24, 2.45) is 11.7 Å². The Labute approximate surface area is 94.2 Å². The summed E-state index contributed by atoms with van der Waals surface area (Å²) in [5.74, 6) is 0.823. The van der Waals surface area contributed by atoms with Crippen molar-refractivity contribution in [3.8, 4) is 0 Å². The minimum absolute atomic E-state index is 0.823. The monoisotopic (exact) mass is 210 g/mol. The number of hydrogen-bond acceptors (Lipinski definition) is 2. The smallest absolute Gasteiger partial charge is 0.00984 e. The molecule has 2 rings (SSSR count). The molecule has 0 spiro atoms. The first-order valence-corrected chi connectivity index (χ1v) is 6.81. The Hall–Kier alpha value is -0.0800. The number of nitrogens with zero attached hydrogens (tertiary/aromatic N) is 1. The first-order chi connectivity index (χ1) is 7.35. The van der Waals surface area contributed by atoms with Crippen LogP contribution in [-0.2, 0) is 0 Å². The zero-order valence-electron chi connectivity index (χ0n) is 10.1. The third kappa shape index (κ3) is 2.54. The van der Waals surface area contributed by atoms with Gasteiger partial charge in [0.2, 0.25) is 0 Å². The molecule has 0 bridgehead atoms. The molecule has 2 N–H and O–H groups in total. The second-order valence-corrected chi connectivity index (χ2v) is 5.35. The second-order valence-electron chi connectivity index (χ2n) is 5.35. The topological polar surface area (TPSA) is 29.3 Å². The van der Waals surface area contributed by atoms with E-state index in [4.69, 9.17) is 5.73 Å². The highest BCUT2D eigenvalue weighted by molar-refractivity contribution is 4.87. The molecule has 1 aliphatic heterocycles. The van der Waals surface area contributed by atoms with E-state index < -0.39 is 0 Å². The van der Waals surface area contributed by atoms with E-state index in [1.54, 1.807) is 0 Å². The molecule has 88 valence electrons. The maximum atomic E-state index is 5.74. The summed E-state index contributed by atoms with van der Waals surface area (Å²) in [7, 11) is 0. The summed E-state index contributed by atoms with van der Waals surface area (Å²) in [6.45, 7) is 4.61. The summed E-state index contributed by atoms with van der Waals surface area (Å²) in [6, 6.07) is 1.78. The summed E-state index contributed by atoms with van der Waals surface area (Å²) in [4.78, 5) is 2.80. The number of likely N-dealkylation sites (tertiary alicyclic amines) is 1. The van der Waals surface area contributed by atoms with E-state index in [0.29, 0.717) is 0 Å². The summed E-state index contributed by atoms with van der Waals surface area (Å²) in [5, 5.41) is 0. The van der Waals surface area contributed by atoms with E-state index in [0.717, 1.165) is 24.5 Å². The van der Waals surface area contributed by atoms with E-state index in [9.17, 15) is 0 Å². The molecule has 2 heteroatoms. The van der Waals surface area contributed by atoms with Gasteiger partial charge in [-0.05, 0) is 64.0 Å². The van der Waals surface area contributed by atoms with Gasteiger partial charge in [0.15, 0.2) is 0 Å². The third-order valence-corrected chi connectivity index (χ3v) is 4.51. The van der Waals surface area contributed by atoms with Crippen LogP contribution in [0.5, 0.6) is 0 Å². The molecule has 15 heavy (non-hydrogen) atoms. The lowest BCUT2D eigenvalue weighted by Gasteiger charge is -2.37. The lowest BCUT2D eigenvalue weighted by molar-refractivity contribution is 0.123. The van der Waals surface area contributed by atoms with Gasteiger partial charge in [0.25, 0.3) is 0 Å². The second kappa shape index (κ2) is 5.31. The fourth-order valence-electron chi connectivity index (χ4n) is 3.49. The van der Waals surface area contributed by atoms with Crippen LogP contribution >= 0.6 is 0 Å². The van der Waals surface area contributed by atoms with Crippen LogP contribution in [0.25, 0.3) is 0 Å². The van der Waals surface area contributed by atoms with Gasteiger partial charge in [-0.25, -0.2) is 0 Å². The van der Waals surface area contributed by atoms with Gasteiger partial charge >= 0.3 is 0 Å². The van der Waals surface area contributed by atoms with Gasteiger partial charge in [-0.1, -0.05) is 6.92 Å². The Morgan fingerprint density at radius 3 is 2.47 bits per heavy atom. The predicted molar refractivity (Wildman–Crippen MR) is 64.8 cm³/mol. The molecule has 0 aromatic heterocycles. The summed E-state index contributed by atoms with van der Waals surface area (Å²) in [6.07, 6.45) is 9.75. The number of nitrogens with two attached hydrogens (primary N) is 1. The molecule has 1 aliphatic carbocycles. The molecular weight excluding hydrogens is 184 g/mol. The summed E-state index contributed by atoms with van der Waals surface area (Å²) < 4.78 is 0. The van der Waals surface area contributed by atoms with Crippen molar-refractivity contribution < 1.29 is 0 Å². The first-order valence-electron chi connectivity index (χ1n) is 6.81. The lowest BCUT2D eigenvalue weighted by Crippen LogP contribution is -2.41. The standard InChI is InChI=1S/C13H26N2/c1-2-12-4-3-9-15(12)13-7-5-11(10-14)6-8-13/h11-13H,2-10,14H2,1H3. The SMILES string of the molecule is CCC1CCCN1C1CCC(CN)CC1. The van der Waals surface area contributed by atoms with Crippen molar-refractivity contribution >= 4 is 0 Å². The van der Waals surface area contributed by atoms with E-state index in [-0.39, 0.29) is 0 Å². The van der Waals surface area contributed by atoms with Crippen LogP contribution in [0.15, 0.2) is 0 Å². The van der Waals surface area contributed by atoms with Crippen LogP contribution in [0.2, 0.25) is 0 Å². The maximum Gasteiger partial charge on any atom is 0.00984 e. The van der Waals surface area contributed by atoms with Crippen molar-refractivity contribution in [2.45, 2.75) is 64.0 Å². The summed E-state index contributed by atoms with van der Waals surface area (Å²) >= 11 is 0. The molecule has 1 atom stereocenters. The van der Waals surface area contributed by atoms with E-state index in [1.165, 1.54) is 51.5 Å². The van der Waals surface area contributed by atoms with Crippen LogP contribution in [0.3, 0.4) is 0 Å². The van der Waals surface area contributed by atoms with Gasteiger partial charge in [0, 0.05) is 12.1 Å². The molecule has 2 nitrogen and oxygen atoms in total. The van der Waals surface area contributed by atoms with E-state index in [1.807, 2.05) is 0 Å².